The highest BCUT2D eigenvalue weighted by atomic mass is 16.5. The van der Waals surface area contributed by atoms with Gasteiger partial charge in [0.1, 0.15) is 0 Å². The minimum absolute atomic E-state index is 0.0856. The van der Waals surface area contributed by atoms with E-state index in [9.17, 15) is 9.59 Å². The van der Waals surface area contributed by atoms with Gasteiger partial charge in [-0.2, -0.15) is 0 Å². The van der Waals surface area contributed by atoms with Gasteiger partial charge in [-0.15, -0.1) is 0 Å². The number of pyridine rings is 1. The smallest absolute Gasteiger partial charge is 0.225 e. The first-order valence-electron chi connectivity index (χ1n) is 9.82. The van der Waals surface area contributed by atoms with Crippen LogP contribution in [0.3, 0.4) is 0 Å². The number of nitrogens with zero attached hydrogens (tertiary/aromatic N) is 3. The van der Waals surface area contributed by atoms with E-state index >= 15 is 0 Å². The van der Waals surface area contributed by atoms with Gasteiger partial charge in [0.25, 0.3) is 0 Å². The monoisotopic (exact) mass is 379 g/mol. The summed E-state index contributed by atoms with van der Waals surface area (Å²) in [5, 5.41) is 0. The molecule has 2 atom stereocenters. The molecule has 0 aliphatic carbocycles. The van der Waals surface area contributed by atoms with Crippen molar-refractivity contribution in [3.63, 3.8) is 0 Å². The SMILES string of the molecule is O=C(CCc1cccnc1)N1C[C@@H]2OCCC(=O)N(Cc3ccccc3)[C@H]2C1. The Balaban J connectivity index is 1.42. The average molecular weight is 379 g/mol. The number of fused-ring (bicyclic) bond motifs is 1. The van der Waals surface area contributed by atoms with Crippen LogP contribution >= 0.6 is 0 Å². The zero-order valence-electron chi connectivity index (χ0n) is 15.9. The third-order valence-electron chi connectivity index (χ3n) is 5.50. The molecular weight excluding hydrogens is 354 g/mol. The molecule has 0 bridgehead atoms. The molecule has 2 saturated heterocycles. The Morgan fingerprint density at radius 3 is 2.71 bits per heavy atom. The van der Waals surface area contributed by atoms with Crippen LogP contribution in [0.4, 0.5) is 0 Å². The molecule has 2 aliphatic heterocycles. The summed E-state index contributed by atoms with van der Waals surface area (Å²) in [5.74, 6) is 0.202. The van der Waals surface area contributed by atoms with E-state index in [0.29, 0.717) is 45.5 Å². The number of amides is 2. The van der Waals surface area contributed by atoms with Crippen LogP contribution in [-0.4, -0.2) is 58.4 Å². The van der Waals surface area contributed by atoms with Gasteiger partial charge in [0.2, 0.25) is 11.8 Å². The molecule has 28 heavy (non-hydrogen) atoms. The first kappa shape index (κ1) is 18.6. The molecule has 1 aromatic heterocycles. The number of benzene rings is 1. The molecule has 2 amide bonds. The lowest BCUT2D eigenvalue weighted by Crippen LogP contribution is -2.45. The van der Waals surface area contributed by atoms with Crippen molar-refractivity contribution in [1.82, 2.24) is 14.8 Å². The minimum Gasteiger partial charge on any atom is -0.374 e. The Morgan fingerprint density at radius 1 is 1.11 bits per heavy atom. The van der Waals surface area contributed by atoms with Crippen LogP contribution in [0, 0.1) is 0 Å². The van der Waals surface area contributed by atoms with Gasteiger partial charge in [-0.1, -0.05) is 36.4 Å². The Hall–Kier alpha value is -2.73. The predicted molar refractivity (Wildman–Crippen MR) is 104 cm³/mol. The van der Waals surface area contributed by atoms with E-state index in [-0.39, 0.29) is 24.0 Å². The van der Waals surface area contributed by atoms with E-state index in [0.717, 1.165) is 11.1 Å². The van der Waals surface area contributed by atoms with Crippen molar-refractivity contribution in [3.05, 3.63) is 66.0 Å². The molecule has 4 rings (SSSR count). The van der Waals surface area contributed by atoms with E-state index < -0.39 is 0 Å². The zero-order chi connectivity index (χ0) is 19.3. The fraction of sp³-hybridized carbons (Fsp3) is 0.409. The number of hydrogen-bond donors (Lipinski definition) is 0. The van der Waals surface area contributed by atoms with Gasteiger partial charge in [-0.05, 0) is 23.6 Å². The maximum absolute atomic E-state index is 12.7. The number of likely N-dealkylation sites (tertiary alicyclic amines) is 1. The minimum atomic E-state index is -0.113. The Morgan fingerprint density at radius 2 is 1.93 bits per heavy atom. The number of aromatic nitrogens is 1. The summed E-state index contributed by atoms with van der Waals surface area (Å²) in [6.07, 6.45) is 4.93. The summed E-state index contributed by atoms with van der Waals surface area (Å²) in [6.45, 7) is 2.06. The van der Waals surface area contributed by atoms with Crippen molar-refractivity contribution in [2.75, 3.05) is 19.7 Å². The largest absolute Gasteiger partial charge is 0.374 e. The highest BCUT2D eigenvalue weighted by Crippen LogP contribution is 2.25. The normalized spacial score (nSPS) is 22.1. The summed E-state index contributed by atoms with van der Waals surface area (Å²) in [4.78, 5) is 33.3. The standard InChI is InChI=1S/C22H25N3O3/c26-21(9-8-17-7-4-11-23-13-17)24-15-19-20(16-24)28-12-10-22(27)25(19)14-18-5-2-1-3-6-18/h1-7,11,13,19-20H,8-10,12,14-16H2/t19-,20-/m0/s1. The van der Waals surface area contributed by atoms with Crippen LogP contribution in [0.5, 0.6) is 0 Å². The molecule has 0 saturated carbocycles. The molecule has 2 fully saturated rings. The maximum Gasteiger partial charge on any atom is 0.225 e. The second kappa shape index (κ2) is 8.52. The first-order valence-corrected chi connectivity index (χ1v) is 9.82. The number of carbonyl (C=O) groups excluding carboxylic acids is 2. The molecule has 0 N–H and O–H groups in total. The lowest BCUT2D eigenvalue weighted by molar-refractivity contribution is -0.135. The van der Waals surface area contributed by atoms with Gasteiger partial charge in [0.15, 0.2) is 0 Å². The Kier molecular flexibility index (Phi) is 5.67. The van der Waals surface area contributed by atoms with E-state index in [2.05, 4.69) is 4.98 Å². The lowest BCUT2D eigenvalue weighted by atomic mass is 10.1. The van der Waals surface area contributed by atoms with Gasteiger partial charge in [-0.3, -0.25) is 14.6 Å². The van der Waals surface area contributed by atoms with Crippen LogP contribution in [-0.2, 0) is 27.3 Å². The third-order valence-corrected chi connectivity index (χ3v) is 5.50. The quantitative estimate of drug-likeness (QED) is 0.798. The van der Waals surface area contributed by atoms with Crippen LogP contribution in [0.25, 0.3) is 0 Å². The fourth-order valence-corrected chi connectivity index (χ4v) is 3.99. The first-order chi connectivity index (χ1) is 13.7. The molecule has 0 spiro atoms. The number of rotatable bonds is 5. The number of hydrogen-bond acceptors (Lipinski definition) is 4. The Bertz CT molecular complexity index is 812. The molecule has 6 heteroatoms. The van der Waals surface area contributed by atoms with Crippen LogP contribution < -0.4 is 0 Å². The highest BCUT2D eigenvalue weighted by molar-refractivity contribution is 5.79. The number of aryl methyl sites for hydroxylation is 1. The summed E-state index contributed by atoms with van der Waals surface area (Å²) in [5.41, 5.74) is 2.15. The van der Waals surface area contributed by atoms with Gasteiger partial charge >= 0.3 is 0 Å². The van der Waals surface area contributed by atoms with Crippen molar-refractivity contribution in [3.8, 4) is 0 Å². The van der Waals surface area contributed by atoms with E-state index in [1.165, 1.54) is 0 Å². The van der Waals surface area contributed by atoms with E-state index in [4.69, 9.17) is 4.74 Å². The van der Waals surface area contributed by atoms with Gasteiger partial charge in [-0.25, -0.2) is 0 Å². The van der Waals surface area contributed by atoms with Crippen LogP contribution in [0.15, 0.2) is 54.9 Å². The van der Waals surface area contributed by atoms with Gasteiger partial charge < -0.3 is 14.5 Å². The summed E-state index contributed by atoms with van der Waals surface area (Å²) >= 11 is 0. The zero-order valence-corrected chi connectivity index (χ0v) is 15.9. The molecule has 2 aromatic rings. The lowest BCUT2D eigenvalue weighted by Gasteiger charge is -2.29. The summed E-state index contributed by atoms with van der Waals surface area (Å²) < 4.78 is 5.94. The number of ether oxygens (including phenoxy) is 1. The summed E-state index contributed by atoms with van der Waals surface area (Å²) in [7, 11) is 0. The maximum atomic E-state index is 12.7. The van der Waals surface area contributed by atoms with Crippen LogP contribution in [0.2, 0.25) is 0 Å². The Labute approximate surface area is 165 Å². The van der Waals surface area contributed by atoms with Crippen molar-refractivity contribution < 1.29 is 14.3 Å². The van der Waals surface area contributed by atoms with Crippen LogP contribution in [0.1, 0.15) is 24.0 Å². The van der Waals surface area contributed by atoms with E-state index in [1.807, 2.05) is 52.3 Å². The fourth-order valence-electron chi connectivity index (χ4n) is 3.99. The van der Waals surface area contributed by atoms with Crippen molar-refractivity contribution >= 4 is 11.8 Å². The predicted octanol–water partition coefficient (Wildman–Crippen LogP) is 2.04. The molecule has 6 nitrogen and oxygen atoms in total. The molecule has 3 heterocycles. The van der Waals surface area contributed by atoms with Gasteiger partial charge in [0.05, 0.1) is 25.2 Å². The topological polar surface area (TPSA) is 62.7 Å². The summed E-state index contributed by atoms with van der Waals surface area (Å²) in [6, 6.07) is 13.8. The molecule has 0 radical (unpaired) electrons. The molecule has 146 valence electrons. The third kappa shape index (κ3) is 4.22. The molecular formula is C22H25N3O3. The highest BCUT2D eigenvalue weighted by Gasteiger charge is 2.42. The van der Waals surface area contributed by atoms with Gasteiger partial charge in [0, 0.05) is 38.4 Å². The average Bonchev–Trinajstić information content (AvgIpc) is 3.09. The molecule has 1 aromatic carbocycles. The van der Waals surface area contributed by atoms with Crippen molar-refractivity contribution in [2.24, 2.45) is 0 Å². The second-order valence-corrected chi connectivity index (χ2v) is 7.39. The molecule has 0 unspecified atom stereocenters. The van der Waals surface area contributed by atoms with Crippen molar-refractivity contribution in [1.29, 1.82) is 0 Å². The second-order valence-electron chi connectivity index (χ2n) is 7.39. The number of carbonyl (C=O) groups is 2. The van der Waals surface area contributed by atoms with E-state index in [1.54, 1.807) is 12.4 Å². The van der Waals surface area contributed by atoms with Crippen molar-refractivity contribution in [2.45, 2.75) is 38.0 Å². The molecule has 2 aliphatic rings.